The van der Waals surface area contributed by atoms with E-state index in [4.69, 9.17) is 11.5 Å². The maximum absolute atomic E-state index is 8.06. The Labute approximate surface area is 276 Å². The first kappa shape index (κ1) is 31.3. The van der Waals surface area contributed by atoms with Gasteiger partial charge in [-0.2, -0.15) is 0 Å². The Hall–Kier alpha value is -0.737. The number of rotatable bonds is 7. The molecule has 0 saturated heterocycles. The number of hydrogen-bond donors (Lipinski definition) is 0. The van der Waals surface area contributed by atoms with E-state index in [0.717, 1.165) is 30.4 Å². The molecule has 2 radical (unpaired) electrons. The third-order valence-electron chi connectivity index (χ3n) is 5.24. The molecule has 0 spiro atoms. The molecule has 0 heterocycles. The summed E-state index contributed by atoms with van der Waals surface area (Å²) in [6, 6.07) is 40.3. The standard InChI is InChI=1S/C15H16N.C15H14N.2Ac/c2*16-15(14-9-5-2-6-10-14)12-11-13-7-3-1-4-8-13;;/h1-10,15-16H,11-12H2;1-10,12,16H,11H2;;/q2*-1;;. The normalized spacial score (nSPS) is 11.1. The van der Waals surface area contributed by atoms with Crippen LogP contribution in [0.1, 0.15) is 34.7 Å². The van der Waals surface area contributed by atoms with Crippen LogP contribution < -0.4 is 0 Å². The van der Waals surface area contributed by atoms with Crippen molar-refractivity contribution >= 4 is 5.70 Å². The number of nitrogens with one attached hydrogen (secondary N) is 2. The van der Waals surface area contributed by atoms with Crippen molar-refractivity contribution in [2.75, 3.05) is 0 Å². The van der Waals surface area contributed by atoms with E-state index in [0.29, 0.717) is 5.70 Å². The summed E-state index contributed by atoms with van der Waals surface area (Å²) in [7, 11) is 0. The van der Waals surface area contributed by atoms with Gasteiger partial charge < -0.3 is 11.5 Å². The molecule has 0 saturated carbocycles. The summed E-state index contributed by atoms with van der Waals surface area (Å²) in [5.41, 5.74) is 21.2. The van der Waals surface area contributed by atoms with E-state index in [9.17, 15) is 0 Å². The van der Waals surface area contributed by atoms with Crippen molar-refractivity contribution in [3.05, 3.63) is 161 Å². The van der Waals surface area contributed by atoms with Gasteiger partial charge in [-0.15, -0.1) is 11.7 Å². The van der Waals surface area contributed by atoms with Crippen LogP contribution >= 0.6 is 0 Å². The van der Waals surface area contributed by atoms with Crippen molar-refractivity contribution < 1.29 is 88.1 Å². The third kappa shape index (κ3) is 11.8. The van der Waals surface area contributed by atoms with Crippen LogP contribution in [0.25, 0.3) is 17.2 Å². The summed E-state index contributed by atoms with van der Waals surface area (Å²) in [4.78, 5) is 0. The zero-order valence-electron chi connectivity index (χ0n) is 19.5. The third-order valence-corrected chi connectivity index (χ3v) is 5.24. The average Bonchev–Trinajstić information content (AvgIpc) is 2.88. The van der Waals surface area contributed by atoms with Crippen molar-refractivity contribution in [3.8, 4) is 0 Å². The van der Waals surface area contributed by atoms with Gasteiger partial charge in [0, 0.05) is 88.1 Å². The zero-order chi connectivity index (χ0) is 22.4. The fraction of sp³-hybridized carbons (Fsp3) is 0.133. The summed E-state index contributed by atoms with van der Waals surface area (Å²) in [6.07, 6.45) is 4.62. The van der Waals surface area contributed by atoms with Crippen LogP contribution in [0.3, 0.4) is 0 Å². The van der Waals surface area contributed by atoms with Gasteiger partial charge in [-0.3, -0.25) is 0 Å². The quantitative estimate of drug-likeness (QED) is 0.179. The Kier molecular flexibility index (Phi) is 17.0. The van der Waals surface area contributed by atoms with E-state index in [2.05, 4.69) is 36.4 Å². The molecule has 0 bridgehead atoms. The maximum Gasteiger partial charge on any atom is 0 e. The minimum Gasteiger partial charge on any atom is -0.698 e. The number of benzene rings is 4. The minimum absolute atomic E-state index is 0. The van der Waals surface area contributed by atoms with Crippen LogP contribution in [-0.2, 0) is 12.8 Å². The van der Waals surface area contributed by atoms with Gasteiger partial charge in [0.15, 0.2) is 0 Å². The summed E-state index contributed by atoms with van der Waals surface area (Å²) in [5, 5.41) is 0. The predicted octanol–water partition coefficient (Wildman–Crippen LogP) is 8.74. The van der Waals surface area contributed by atoms with Crippen LogP contribution in [0.4, 0.5) is 0 Å². The molecule has 0 aliphatic heterocycles. The summed E-state index contributed by atoms with van der Waals surface area (Å²) < 4.78 is 0. The van der Waals surface area contributed by atoms with Gasteiger partial charge in [0.05, 0.1) is 0 Å². The molecule has 2 nitrogen and oxygen atoms in total. The summed E-state index contributed by atoms with van der Waals surface area (Å²) in [6.45, 7) is 0. The Bertz CT molecular complexity index is 1050. The van der Waals surface area contributed by atoms with Gasteiger partial charge in [0.2, 0.25) is 0 Å². The van der Waals surface area contributed by atoms with Gasteiger partial charge in [0.1, 0.15) is 0 Å². The molecule has 0 aromatic heterocycles. The van der Waals surface area contributed by atoms with Crippen molar-refractivity contribution in [2.24, 2.45) is 0 Å². The molecule has 4 heteroatoms. The van der Waals surface area contributed by atoms with Gasteiger partial charge in [-0.05, 0) is 29.5 Å². The van der Waals surface area contributed by atoms with Gasteiger partial charge in [-0.25, -0.2) is 0 Å². The number of aryl methyl sites for hydroxylation is 1. The molecule has 4 aromatic carbocycles. The van der Waals surface area contributed by atoms with E-state index in [1.807, 2.05) is 91.0 Å². The van der Waals surface area contributed by atoms with E-state index in [-0.39, 0.29) is 94.2 Å². The van der Waals surface area contributed by atoms with Gasteiger partial charge >= 0.3 is 0 Å². The molecule has 1 atom stereocenters. The Morgan fingerprint density at radius 3 is 1.59 bits per heavy atom. The molecule has 0 fully saturated rings. The molecule has 0 amide bonds. The zero-order valence-corrected chi connectivity index (χ0v) is 29.0. The number of hydrogen-bond acceptors (Lipinski definition) is 0. The van der Waals surface area contributed by atoms with E-state index >= 15 is 0 Å². The first-order valence-electron chi connectivity index (χ1n) is 11.0. The van der Waals surface area contributed by atoms with Crippen LogP contribution in [0.5, 0.6) is 0 Å². The topological polar surface area (TPSA) is 47.6 Å². The fourth-order valence-corrected chi connectivity index (χ4v) is 3.38. The van der Waals surface area contributed by atoms with E-state index in [1.54, 1.807) is 0 Å². The van der Waals surface area contributed by atoms with Gasteiger partial charge in [-0.1, -0.05) is 139 Å². The second-order valence-corrected chi connectivity index (χ2v) is 7.66. The molecular formula is C30H30Ac2N2-2. The first-order valence-corrected chi connectivity index (χ1v) is 11.0. The Balaban J connectivity index is 0.000000321. The van der Waals surface area contributed by atoms with Crippen molar-refractivity contribution in [1.29, 1.82) is 0 Å². The Morgan fingerprint density at radius 2 is 1.06 bits per heavy atom. The predicted molar refractivity (Wildman–Crippen MR) is 137 cm³/mol. The Morgan fingerprint density at radius 1 is 0.618 bits per heavy atom. The second-order valence-electron chi connectivity index (χ2n) is 7.66. The minimum atomic E-state index is -0.110. The molecule has 168 valence electrons. The summed E-state index contributed by atoms with van der Waals surface area (Å²) in [5.74, 6) is 0. The van der Waals surface area contributed by atoms with Gasteiger partial charge in [0.25, 0.3) is 0 Å². The van der Waals surface area contributed by atoms with Crippen LogP contribution in [0, 0.1) is 88.1 Å². The monoisotopic (exact) mass is 872 g/mol. The largest absolute Gasteiger partial charge is 0.698 e. The smallest absolute Gasteiger partial charge is 0 e. The van der Waals surface area contributed by atoms with Crippen LogP contribution in [-0.4, -0.2) is 0 Å². The average molecular weight is 873 g/mol. The van der Waals surface area contributed by atoms with E-state index < -0.39 is 0 Å². The second kappa shape index (κ2) is 18.5. The van der Waals surface area contributed by atoms with Crippen molar-refractivity contribution in [3.63, 3.8) is 0 Å². The first-order chi connectivity index (χ1) is 15.7. The van der Waals surface area contributed by atoms with Crippen LogP contribution in [0.2, 0.25) is 0 Å². The van der Waals surface area contributed by atoms with E-state index in [1.165, 1.54) is 11.1 Å². The number of allylic oxidation sites excluding steroid dienone is 1. The molecule has 2 N–H and O–H groups in total. The van der Waals surface area contributed by atoms with Crippen LogP contribution in [0.15, 0.2) is 127 Å². The maximum atomic E-state index is 8.06. The fourth-order valence-electron chi connectivity index (χ4n) is 3.38. The molecule has 4 rings (SSSR count). The van der Waals surface area contributed by atoms with Crippen molar-refractivity contribution in [1.82, 2.24) is 0 Å². The molecule has 4 aromatic rings. The van der Waals surface area contributed by atoms with Crippen molar-refractivity contribution in [2.45, 2.75) is 25.3 Å². The molecule has 0 aliphatic rings. The molecule has 1 unspecified atom stereocenters. The SMILES string of the molecule is [Ac].[Ac].[NH-]C(=CCc1ccccc1)c1ccccc1.[NH-]C(CCc1ccccc1)c1ccccc1. The molecular weight excluding hydrogens is 842 g/mol. The molecule has 34 heavy (non-hydrogen) atoms. The molecule has 0 aliphatic carbocycles. The summed E-state index contributed by atoms with van der Waals surface area (Å²) >= 11 is 0.